The van der Waals surface area contributed by atoms with Crippen molar-refractivity contribution in [3.05, 3.63) is 35.4 Å². The summed E-state index contributed by atoms with van der Waals surface area (Å²) < 4.78 is 26.5. The van der Waals surface area contributed by atoms with Crippen molar-refractivity contribution in [2.75, 3.05) is 6.54 Å². The van der Waals surface area contributed by atoms with Crippen molar-refractivity contribution >= 4 is 0 Å². The summed E-state index contributed by atoms with van der Waals surface area (Å²) in [4.78, 5) is 0. The number of rotatable bonds is 6. The van der Waals surface area contributed by atoms with Crippen LogP contribution in [0.1, 0.15) is 31.4 Å². The number of nitrogens with one attached hydrogen (secondary N) is 1. The van der Waals surface area contributed by atoms with E-state index in [1.165, 1.54) is 12.1 Å². The molecule has 0 spiro atoms. The molecule has 1 aromatic rings. The third-order valence-corrected chi connectivity index (χ3v) is 2.75. The Hall–Kier alpha value is -1.44. The van der Waals surface area contributed by atoms with Crippen molar-refractivity contribution in [1.29, 1.82) is 0 Å². The van der Waals surface area contributed by atoms with Gasteiger partial charge in [-0.25, -0.2) is 8.78 Å². The molecule has 98 valence electrons. The maximum absolute atomic E-state index is 13.6. The summed E-state index contributed by atoms with van der Waals surface area (Å²) in [5.74, 6) is 1.40. The summed E-state index contributed by atoms with van der Waals surface area (Å²) in [5, 5.41) is 3.11. The molecule has 0 amide bonds. The Bertz CT molecular complexity index is 426. The zero-order chi connectivity index (χ0) is 13.5. The van der Waals surface area contributed by atoms with Gasteiger partial charge in [0.15, 0.2) is 0 Å². The molecule has 3 N–H and O–H groups in total. The fraction of sp³-hybridized carbons (Fsp3) is 0.429. The molecule has 0 aliphatic heterocycles. The molecule has 2 atom stereocenters. The van der Waals surface area contributed by atoms with Crippen LogP contribution < -0.4 is 11.1 Å². The second-order valence-electron chi connectivity index (χ2n) is 4.13. The number of terminal acetylenes is 1. The fourth-order valence-corrected chi connectivity index (χ4v) is 1.82. The van der Waals surface area contributed by atoms with E-state index in [4.69, 9.17) is 12.2 Å². The fourth-order valence-electron chi connectivity index (χ4n) is 1.82. The van der Waals surface area contributed by atoms with Crippen LogP contribution in [0.5, 0.6) is 0 Å². The lowest BCUT2D eigenvalue weighted by atomic mass is 10.0. The summed E-state index contributed by atoms with van der Waals surface area (Å²) in [6.07, 6.45) is 7.10. The molecule has 0 bridgehead atoms. The predicted octanol–water partition coefficient (Wildman–Crippen LogP) is 2.36. The standard InChI is InChI=1S/C14H18F2N2/c1-3-5-11(4-2)18-14(9-17)12-7-6-10(15)8-13(12)16/h2,6-8,11,14,18H,3,5,9,17H2,1H3. The van der Waals surface area contributed by atoms with Gasteiger partial charge in [-0.1, -0.05) is 25.3 Å². The maximum atomic E-state index is 13.6. The normalized spacial score (nSPS) is 13.9. The third kappa shape index (κ3) is 3.80. The van der Waals surface area contributed by atoms with Crippen molar-refractivity contribution in [2.24, 2.45) is 5.73 Å². The lowest BCUT2D eigenvalue weighted by Crippen LogP contribution is -2.36. The predicted molar refractivity (Wildman–Crippen MR) is 68.8 cm³/mol. The first kappa shape index (κ1) is 14.6. The second kappa shape index (κ2) is 7.10. The zero-order valence-corrected chi connectivity index (χ0v) is 10.4. The molecule has 18 heavy (non-hydrogen) atoms. The minimum Gasteiger partial charge on any atom is -0.329 e. The average Bonchev–Trinajstić information content (AvgIpc) is 2.35. The zero-order valence-electron chi connectivity index (χ0n) is 10.4. The van der Waals surface area contributed by atoms with E-state index in [0.717, 1.165) is 18.9 Å². The van der Waals surface area contributed by atoms with E-state index in [1.54, 1.807) is 0 Å². The third-order valence-electron chi connectivity index (χ3n) is 2.75. The van der Waals surface area contributed by atoms with Gasteiger partial charge >= 0.3 is 0 Å². The molecule has 0 aromatic heterocycles. The molecule has 2 nitrogen and oxygen atoms in total. The van der Waals surface area contributed by atoms with Crippen LogP contribution in [0.2, 0.25) is 0 Å². The number of benzene rings is 1. The van der Waals surface area contributed by atoms with E-state index in [-0.39, 0.29) is 12.6 Å². The number of hydrogen-bond donors (Lipinski definition) is 2. The highest BCUT2D eigenvalue weighted by Crippen LogP contribution is 2.18. The molecule has 0 saturated heterocycles. The SMILES string of the molecule is C#CC(CCC)NC(CN)c1ccc(F)cc1F. The highest BCUT2D eigenvalue weighted by Gasteiger charge is 2.17. The minimum absolute atomic E-state index is 0.159. The van der Waals surface area contributed by atoms with E-state index in [0.29, 0.717) is 5.56 Å². The summed E-state index contributed by atoms with van der Waals surface area (Å²) >= 11 is 0. The molecule has 1 aromatic carbocycles. The van der Waals surface area contributed by atoms with Gasteiger partial charge in [0.1, 0.15) is 11.6 Å². The van der Waals surface area contributed by atoms with E-state index in [2.05, 4.69) is 11.2 Å². The Morgan fingerprint density at radius 1 is 1.44 bits per heavy atom. The molecule has 0 saturated carbocycles. The molecule has 0 heterocycles. The first-order valence-electron chi connectivity index (χ1n) is 5.99. The molecule has 0 radical (unpaired) electrons. The maximum Gasteiger partial charge on any atom is 0.130 e. The number of hydrogen-bond acceptors (Lipinski definition) is 2. The Morgan fingerprint density at radius 2 is 2.17 bits per heavy atom. The van der Waals surface area contributed by atoms with Crippen LogP contribution >= 0.6 is 0 Å². The quantitative estimate of drug-likeness (QED) is 0.763. The first-order valence-corrected chi connectivity index (χ1v) is 5.99. The van der Waals surface area contributed by atoms with Gasteiger partial charge in [-0.15, -0.1) is 6.42 Å². The minimum atomic E-state index is -0.606. The highest BCUT2D eigenvalue weighted by atomic mass is 19.1. The van der Waals surface area contributed by atoms with Crippen LogP contribution in [-0.2, 0) is 0 Å². The Kier molecular flexibility index (Phi) is 5.76. The monoisotopic (exact) mass is 252 g/mol. The topological polar surface area (TPSA) is 38.0 Å². The van der Waals surface area contributed by atoms with Gasteiger partial charge in [0, 0.05) is 24.2 Å². The molecular formula is C14H18F2N2. The number of nitrogens with two attached hydrogens (primary N) is 1. The molecule has 2 unspecified atom stereocenters. The van der Waals surface area contributed by atoms with E-state index in [9.17, 15) is 8.78 Å². The Morgan fingerprint density at radius 3 is 2.67 bits per heavy atom. The van der Waals surface area contributed by atoms with Crippen LogP contribution in [0.3, 0.4) is 0 Å². The van der Waals surface area contributed by atoms with Gasteiger partial charge < -0.3 is 5.73 Å². The lowest BCUT2D eigenvalue weighted by Gasteiger charge is -2.22. The van der Waals surface area contributed by atoms with Crippen molar-refractivity contribution < 1.29 is 8.78 Å². The lowest BCUT2D eigenvalue weighted by molar-refractivity contribution is 0.455. The smallest absolute Gasteiger partial charge is 0.130 e. The summed E-state index contributed by atoms with van der Waals surface area (Å²) in [7, 11) is 0. The molecule has 4 heteroatoms. The summed E-state index contributed by atoms with van der Waals surface area (Å²) in [6, 6.07) is 2.90. The summed E-state index contributed by atoms with van der Waals surface area (Å²) in [5.41, 5.74) is 5.96. The average molecular weight is 252 g/mol. The van der Waals surface area contributed by atoms with Crippen molar-refractivity contribution in [1.82, 2.24) is 5.32 Å². The van der Waals surface area contributed by atoms with Gasteiger partial charge in [0.25, 0.3) is 0 Å². The molecular weight excluding hydrogens is 234 g/mol. The Balaban J connectivity index is 2.86. The van der Waals surface area contributed by atoms with Gasteiger partial charge in [0.05, 0.1) is 6.04 Å². The van der Waals surface area contributed by atoms with E-state index >= 15 is 0 Å². The van der Waals surface area contributed by atoms with E-state index in [1.807, 2.05) is 6.92 Å². The number of halogens is 2. The van der Waals surface area contributed by atoms with Crippen LogP contribution in [0.25, 0.3) is 0 Å². The van der Waals surface area contributed by atoms with Crippen LogP contribution in [0, 0.1) is 24.0 Å². The first-order chi connectivity index (χ1) is 8.62. The van der Waals surface area contributed by atoms with Crippen LogP contribution in [-0.4, -0.2) is 12.6 Å². The van der Waals surface area contributed by atoms with Gasteiger partial charge in [-0.05, 0) is 12.5 Å². The Labute approximate surface area is 107 Å². The molecule has 0 aliphatic carbocycles. The van der Waals surface area contributed by atoms with Crippen LogP contribution in [0.4, 0.5) is 8.78 Å². The second-order valence-corrected chi connectivity index (χ2v) is 4.13. The van der Waals surface area contributed by atoms with Crippen molar-refractivity contribution in [3.8, 4) is 12.3 Å². The van der Waals surface area contributed by atoms with Crippen LogP contribution in [0.15, 0.2) is 18.2 Å². The van der Waals surface area contributed by atoms with E-state index < -0.39 is 17.7 Å². The van der Waals surface area contributed by atoms with Crippen molar-refractivity contribution in [2.45, 2.75) is 31.8 Å². The van der Waals surface area contributed by atoms with Gasteiger partial charge in [-0.3, -0.25) is 5.32 Å². The van der Waals surface area contributed by atoms with Crippen molar-refractivity contribution in [3.63, 3.8) is 0 Å². The van der Waals surface area contributed by atoms with Gasteiger partial charge in [-0.2, -0.15) is 0 Å². The molecule has 0 fully saturated rings. The molecule has 1 rings (SSSR count). The highest BCUT2D eigenvalue weighted by molar-refractivity contribution is 5.23. The molecule has 0 aliphatic rings. The largest absolute Gasteiger partial charge is 0.329 e. The summed E-state index contributed by atoms with van der Waals surface area (Å²) in [6.45, 7) is 2.21. The van der Waals surface area contributed by atoms with Gasteiger partial charge in [0.2, 0.25) is 0 Å².